The number of hydrogen-bond acceptors (Lipinski definition) is 4. The van der Waals surface area contributed by atoms with Gasteiger partial charge < -0.3 is 4.74 Å². The summed E-state index contributed by atoms with van der Waals surface area (Å²) >= 11 is 1.64. The summed E-state index contributed by atoms with van der Waals surface area (Å²) in [6, 6.07) is 19.1. The van der Waals surface area contributed by atoms with E-state index in [-0.39, 0.29) is 18.2 Å². The van der Waals surface area contributed by atoms with Crippen molar-refractivity contribution in [3.05, 3.63) is 71.8 Å². The van der Waals surface area contributed by atoms with Gasteiger partial charge in [0, 0.05) is 23.5 Å². The molecule has 2 aromatic rings. The van der Waals surface area contributed by atoms with Crippen LogP contribution in [0.1, 0.15) is 22.3 Å². The summed E-state index contributed by atoms with van der Waals surface area (Å²) in [5.41, 5.74) is 1.84. The summed E-state index contributed by atoms with van der Waals surface area (Å²) in [4.78, 5) is 24.2. The molecule has 0 saturated heterocycles. The van der Waals surface area contributed by atoms with Crippen LogP contribution in [-0.2, 0) is 15.3 Å². The van der Waals surface area contributed by atoms with Gasteiger partial charge in [-0.3, -0.25) is 9.59 Å². The topological polar surface area (TPSA) is 43.4 Å². The first-order valence-corrected chi connectivity index (χ1v) is 8.64. The fourth-order valence-corrected chi connectivity index (χ4v) is 3.32. The molecule has 0 heterocycles. The molecular weight excluding hydrogens is 308 g/mol. The first-order valence-electron chi connectivity index (χ1n) is 7.48. The van der Waals surface area contributed by atoms with Gasteiger partial charge in [-0.2, -0.15) is 11.8 Å². The highest BCUT2D eigenvalue weighted by Crippen LogP contribution is 2.20. The first kappa shape index (κ1) is 17.3. The number of carbonyl (C=O) groups is 2. The second-order valence-electron chi connectivity index (χ2n) is 5.21. The minimum absolute atomic E-state index is 0.0266. The number of esters is 1. The molecule has 0 aliphatic rings. The zero-order valence-electron chi connectivity index (χ0n) is 13.1. The molecule has 0 aliphatic carbocycles. The van der Waals surface area contributed by atoms with Crippen LogP contribution in [0.4, 0.5) is 0 Å². The van der Waals surface area contributed by atoms with Crippen molar-refractivity contribution >= 4 is 23.5 Å². The normalized spacial score (nSPS) is 11.7. The Morgan fingerprint density at radius 2 is 1.61 bits per heavy atom. The number of methoxy groups -OCH3 is 1. The quantitative estimate of drug-likeness (QED) is 0.543. The number of Topliss-reactive ketones (excluding diaryl/α,β-unsaturated/α-hetero) is 1. The van der Waals surface area contributed by atoms with Crippen molar-refractivity contribution < 1.29 is 14.3 Å². The van der Waals surface area contributed by atoms with Crippen molar-refractivity contribution in [3.8, 4) is 0 Å². The molecule has 0 fully saturated rings. The molecule has 0 spiro atoms. The highest BCUT2D eigenvalue weighted by Gasteiger charge is 2.23. The number of ketones is 1. The van der Waals surface area contributed by atoms with E-state index in [1.54, 1.807) is 23.9 Å². The van der Waals surface area contributed by atoms with Gasteiger partial charge in [-0.25, -0.2) is 0 Å². The Bertz CT molecular complexity index is 626. The van der Waals surface area contributed by atoms with Gasteiger partial charge in [0.05, 0.1) is 13.0 Å². The van der Waals surface area contributed by atoms with Crippen molar-refractivity contribution in [3.63, 3.8) is 0 Å². The van der Waals surface area contributed by atoms with E-state index in [0.717, 1.165) is 5.75 Å². The monoisotopic (exact) mass is 328 g/mol. The van der Waals surface area contributed by atoms with Crippen LogP contribution < -0.4 is 0 Å². The maximum Gasteiger partial charge on any atom is 0.309 e. The molecule has 120 valence electrons. The van der Waals surface area contributed by atoms with Gasteiger partial charge >= 0.3 is 5.97 Å². The highest BCUT2D eigenvalue weighted by molar-refractivity contribution is 7.98. The molecule has 3 nitrogen and oxygen atoms in total. The molecule has 1 unspecified atom stereocenters. The van der Waals surface area contributed by atoms with Crippen molar-refractivity contribution in [2.75, 3.05) is 12.9 Å². The Kier molecular flexibility index (Phi) is 6.88. The molecule has 0 aliphatic heterocycles. The number of thioether (sulfide) groups is 1. The summed E-state index contributed by atoms with van der Waals surface area (Å²) in [5, 5.41) is 0. The Balaban J connectivity index is 1.92. The van der Waals surface area contributed by atoms with Crippen LogP contribution in [0.5, 0.6) is 0 Å². The minimum atomic E-state index is -0.415. The van der Waals surface area contributed by atoms with Gasteiger partial charge in [-0.15, -0.1) is 0 Å². The first-order chi connectivity index (χ1) is 11.2. The van der Waals surface area contributed by atoms with Crippen molar-refractivity contribution in [2.45, 2.75) is 12.2 Å². The van der Waals surface area contributed by atoms with Crippen LogP contribution in [0.25, 0.3) is 0 Å². The standard InChI is InChI=1S/C19H20O3S/c1-22-19(21)17(12-18(20)16-10-6-3-7-11-16)14-23-13-15-8-4-2-5-9-15/h2-11,17H,12-14H2,1H3. The highest BCUT2D eigenvalue weighted by atomic mass is 32.2. The second-order valence-corrected chi connectivity index (χ2v) is 6.24. The number of rotatable bonds is 8. The zero-order chi connectivity index (χ0) is 16.5. The summed E-state index contributed by atoms with van der Waals surface area (Å²) in [6.07, 6.45) is 0.179. The number of benzene rings is 2. The van der Waals surface area contributed by atoms with E-state index < -0.39 is 5.92 Å². The van der Waals surface area contributed by atoms with E-state index in [4.69, 9.17) is 4.74 Å². The number of hydrogen-bond donors (Lipinski definition) is 0. The largest absolute Gasteiger partial charge is 0.469 e. The molecule has 0 aromatic heterocycles. The fourth-order valence-electron chi connectivity index (χ4n) is 2.24. The van der Waals surface area contributed by atoms with Gasteiger partial charge in [0.25, 0.3) is 0 Å². The SMILES string of the molecule is COC(=O)C(CSCc1ccccc1)CC(=O)c1ccccc1. The van der Waals surface area contributed by atoms with Crippen LogP contribution in [0.2, 0.25) is 0 Å². The van der Waals surface area contributed by atoms with Crippen LogP contribution in [0.3, 0.4) is 0 Å². The molecule has 2 rings (SSSR count). The molecular formula is C19H20O3S. The number of carbonyl (C=O) groups excluding carboxylic acids is 2. The lowest BCUT2D eigenvalue weighted by Crippen LogP contribution is -2.22. The summed E-state index contributed by atoms with van der Waals surface area (Å²) in [7, 11) is 1.37. The summed E-state index contributed by atoms with van der Waals surface area (Å²) in [5.74, 6) is 0.617. The third kappa shape index (κ3) is 5.57. The lowest BCUT2D eigenvalue weighted by atomic mass is 10.00. The van der Waals surface area contributed by atoms with E-state index in [1.807, 2.05) is 36.4 Å². The smallest absolute Gasteiger partial charge is 0.309 e. The van der Waals surface area contributed by atoms with E-state index in [2.05, 4.69) is 12.1 Å². The van der Waals surface area contributed by atoms with Crippen molar-refractivity contribution in [2.24, 2.45) is 5.92 Å². The van der Waals surface area contributed by atoms with Crippen molar-refractivity contribution in [1.82, 2.24) is 0 Å². The maximum absolute atomic E-state index is 12.3. The molecule has 0 saturated carbocycles. The third-order valence-electron chi connectivity index (χ3n) is 3.49. The Hall–Kier alpha value is -2.07. The van der Waals surface area contributed by atoms with Gasteiger partial charge in [-0.05, 0) is 5.56 Å². The van der Waals surface area contributed by atoms with Gasteiger partial charge in [0.15, 0.2) is 5.78 Å². The van der Waals surface area contributed by atoms with Crippen LogP contribution in [0.15, 0.2) is 60.7 Å². The van der Waals surface area contributed by atoms with Crippen LogP contribution in [0, 0.1) is 5.92 Å². The second kappa shape index (κ2) is 9.16. The minimum Gasteiger partial charge on any atom is -0.469 e. The molecule has 4 heteroatoms. The average Bonchev–Trinajstić information content (AvgIpc) is 2.61. The van der Waals surface area contributed by atoms with Crippen molar-refractivity contribution in [1.29, 1.82) is 0 Å². The molecule has 1 atom stereocenters. The lowest BCUT2D eigenvalue weighted by molar-refractivity contribution is -0.144. The molecule has 0 radical (unpaired) electrons. The number of ether oxygens (including phenoxy) is 1. The van der Waals surface area contributed by atoms with Crippen LogP contribution >= 0.6 is 11.8 Å². The molecule has 0 amide bonds. The Morgan fingerprint density at radius 3 is 2.22 bits per heavy atom. The van der Waals surface area contributed by atoms with Crippen LogP contribution in [-0.4, -0.2) is 24.6 Å². The zero-order valence-corrected chi connectivity index (χ0v) is 13.9. The summed E-state index contributed by atoms with van der Waals surface area (Å²) in [6.45, 7) is 0. The maximum atomic E-state index is 12.3. The average molecular weight is 328 g/mol. The van der Waals surface area contributed by atoms with E-state index >= 15 is 0 Å². The van der Waals surface area contributed by atoms with E-state index in [0.29, 0.717) is 11.3 Å². The Morgan fingerprint density at radius 1 is 1.00 bits per heavy atom. The van der Waals surface area contributed by atoms with E-state index in [1.165, 1.54) is 12.7 Å². The molecule has 23 heavy (non-hydrogen) atoms. The molecule has 2 aromatic carbocycles. The van der Waals surface area contributed by atoms with Gasteiger partial charge in [0.2, 0.25) is 0 Å². The third-order valence-corrected chi connectivity index (χ3v) is 4.67. The van der Waals surface area contributed by atoms with Gasteiger partial charge in [-0.1, -0.05) is 60.7 Å². The predicted molar refractivity (Wildman–Crippen MR) is 93.5 cm³/mol. The fraction of sp³-hybridized carbons (Fsp3) is 0.263. The molecule has 0 bridgehead atoms. The van der Waals surface area contributed by atoms with Gasteiger partial charge in [0.1, 0.15) is 0 Å². The van der Waals surface area contributed by atoms with E-state index in [9.17, 15) is 9.59 Å². The lowest BCUT2D eigenvalue weighted by Gasteiger charge is -2.13. The summed E-state index contributed by atoms with van der Waals surface area (Å²) < 4.78 is 4.85. The predicted octanol–water partition coefficient (Wildman–Crippen LogP) is 3.98. The Labute approximate surface area is 141 Å². The molecule has 0 N–H and O–H groups in total.